The fourth-order valence-corrected chi connectivity index (χ4v) is 2.15. The van der Waals surface area contributed by atoms with E-state index in [1.54, 1.807) is 6.07 Å². The molecule has 0 spiro atoms. The molecule has 1 atom stereocenters. The molecular formula is C12H14ClNO3. The molecule has 0 aliphatic carbocycles. The molecule has 92 valence electrons. The number of benzene rings is 1. The van der Waals surface area contributed by atoms with Crippen molar-refractivity contribution < 1.29 is 14.6 Å². The molecule has 17 heavy (non-hydrogen) atoms. The van der Waals surface area contributed by atoms with Crippen molar-refractivity contribution in [2.75, 3.05) is 20.3 Å². The van der Waals surface area contributed by atoms with E-state index in [0.29, 0.717) is 12.1 Å². The first-order valence-corrected chi connectivity index (χ1v) is 5.75. The lowest BCUT2D eigenvalue weighted by Gasteiger charge is -2.23. The molecule has 1 unspecified atom stereocenters. The van der Waals surface area contributed by atoms with Crippen LogP contribution in [0.25, 0.3) is 0 Å². The summed E-state index contributed by atoms with van der Waals surface area (Å²) >= 11 is 5.80. The summed E-state index contributed by atoms with van der Waals surface area (Å²) in [5, 5.41) is 9.16. The van der Waals surface area contributed by atoms with Crippen LogP contribution in [0.5, 0.6) is 0 Å². The number of hydrogen-bond donors (Lipinski definition) is 1. The molecule has 1 aromatic rings. The Bertz CT molecular complexity index is 432. The van der Waals surface area contributed by atoms with Gasteiger partial charge in [-0.3, -0.25) is 9.21 Å². The van der Waals surface area contributed by atoms with Gasteiger partial charge in [0, 0.05) is 31.0 Å². The Hall–Kier alpha value is -1.10. The minimum atomic E-state index is -0.404. The lowest BCUT2D eigenvalue weighted by atomic mass is 9.96. The van der Waals surface area contributed by atoms with Gasteiger partial charge in [-0.15, -0.1) is 0 Å². The molecule has 4 nitrogen and oxygen atoms in total. The summed E-state index contributed by atoms with van der Waals surface area (Å²) in [5.41, 5.74) is 2.37. The number of halogens is 1. The summed E-state index contributed by atoms with van der Waals surface area (Å²) in [7, 11) is 1.52. The highest BCUT2D eigenvalue weighted by Gasteiger charge is 2.24. The highest BCUT2D eigenvalue weighted by Crippen LogP contribution is 2.25. The van der Waals surface area contributed by atoms with Crippen LogP contribution in [0.1, 0.15) is 27.6 Å². The van der Waals surface area contributed by atoms with Crippen molar-refractivity contribution in [3.63, 3.8) is 0 Å². The minimum absolute atomic E-state index is 0.117. The van der Waals surface area contributed by atoms with Crippen LogP contribution in [0, 0.1) is 0 Å². The molecule has 0 radical (unpaired) electrons. The number of amides is 1. The summed E-state index contributed by atoms with van der Waals surface area (Å²) in [6.07, 6.45) is 0.348. The molecule has 1 N–H and O–H groups in total. The van der Waals surface area contributed by atoms with Gasteiger partial charge in [-0.05, 0) is 23.6 Å². The minimum Gasteiger partial charge on any atom is -0.393 e. The third kappa shape index (κ3) is 2.29. The van der Waals surface area contributed by atoms with E-state index in [4.69, 9.17) is 21.6 Å². The first-order valence-electron chi connectivity index (χ1n) is 5.41. The van der Waals surface area contributed by atoms with Gasteiger partial charge >= 0.3 is 0 Å². The Morgan fingerprint density at radius 1 is 1.59 bits per heavy atom. The zero-order chi connectivity index (χ0) is 12.4. The fraction of sp³-hybridized carbons (Fsp3) is 0.417. The third-order valence-electron chi connectivity index (χ3n) is 2.98. The summed E-state index contributed by atoms with van der Waals surface area (Å²) in [5.74, 6) is -0.192. The van der Waals surface area contributed by atoms with Crippen LogP contribution in [0.4, 0.5) is 0 Å². The average Bonchev–Trinajstić information content (AvgIpc) is 2.36. The highest BCUT2D eigenvalue weighted by molar-refractivity contribution is 6.24. The third-order valence-corrected chi connectivity index (χ3v) is 3.31. The van der Waals surface area contributed by atoms with Gasteiger partial charge in [-0.2, -0.15) is 0 Å². The van der Waals surface area contributed by atoms with E-state index in [1.165, 1.54) is 11.5 Å². The number of aliphatic hydroxyl groups excluding tert-OH is 1. The van der Waals surface area contributed by atoms with Crippen LogP contribution >= 0.6 is 11.8 Å². The van der Waals surface area contributed by atoms with Gasteiger partial charge < -0.3 is 9.84 Å². The van der Waals surface area contributed by atoms with Gasteiger partial charge in [-0.1, -0.05) is 12.1 Å². The van der Waals surface area contributed by atoms with Crippen molar-refractivity contribution in [3.05, 3.63) is 34.9 Å². The zero-order valence-corrected chi connectivity index (χ0v) is 10.3. The number of fused-ring (bicyclic) bond motifs is 1. The van der Waals surface area contributed by atoms with Gasteiger partial charge in [-0.25, -0.2) is 0 Å². The molecule has 5 heteroatoms. The predicted molar refractivity (Wildman–Crippen MR) is 63.9 cm³/mol. The van der Waals surface area contributed by atoms with Crippen LogP contribution < -0.4 is 0 Å². The SMILES string of the molecule is COC(CO)c1ccc2c(c1)C(=O)N(Cl)CC2. The molecule has 1 aliphatic heterocycles. The summed E-state index contributed by atoms with van der Waals surface area (Å²) < 4.78 is 6.32. The van der Waals surface area contributed by atoms with Gasteiger partial charge in [0.15, 0.2) is 0 Å². The Kier molecular flexibility index (Phi) is 3.66. The quantitative estimate of drug-likeness (QED) is 0.833. The average molecular weight is 256 g/mol. The molecule has 1 heterocycles. The van der Waals surface area contributed by atoms with Gasteiger partial charge in [0.05, 0.1) is 6.61 Å². The van der Waals surface area contributed by atoms with Crippen molar-refractivity contribution in [2.24, 2.45) is 0 Å². The van der Waals surface area contributed by atoms with Gasteiger partial charge in [0.2, 0.25) is 0 Å². The highest BCUT2D eigenvalue weighted by atomic mass is 35.5. The van der Waals surface area contributed by atoms with E-state index in [-0.39, 0.29) is 12.5 Å². The maximum absolute atomic E-state index is 11.9. The summed E-state index contributed by atoms with van der Waals surface area (Å²) in [4.78, 5) is 11.9. The maximum Gasteiger partial charge on any atom is 0.268 e. The normalized spacial score (nSPS) is 16.9. The van der Waals surface area contributed by atoms with E-state index >= 15 is 0 Å². The number of rotatable bonds is 3. The summed E-state index contributed by atoms with van der Waals surface area (Å²) in [6.45, 7) is 0.411. The predicted octanol–water partition coefficient (Wildman–Crippen LogP) is 1.52. The molecule has 1 aromatic carbocycles. The van der Waals surface area contributed by atoms with Crippen LogP contribution in [0.15, 0.2) is 18.2 Å². The molecule has 0 saturated heterocycles. The van der Waals surface area contributed by atoms with Crippen molar-refractivity contribution in [1.82, 2.24) is 4.42 Å². The van der Waals surface area contributed by atoms with Crippen molar-refractivity contribution in [1.29, 1.82) is 0 Å². The second-order valence-electron chi connectivity index (χ2n) is 3.96. The number of nitrogens with zero attached hydrogens (tertiary/aromatic N) is 1. The van der Waals surface area contributed by atoms with Gasteiger partial charge in [0.1, 0.15) is 6.10 Å². The van der Waals surface area contributed by atoms with Crippen molar-refractivity contribution in [2.45, 2.75) is 12.5 Å². The number of methoxy groups -OCH3 is 1. The van der Waals surface area contributed by atoms with Crippen molar-refractivity contribution >= 4 is 17.7 Å². The molecule has 0 bridgehead atoms. The molecule has 0 saturated carbocycles. The number of aliphatic hydroxyl groups is 1. The number of carbonyl (C=O) groups is 1. The molecule has 1 aliphatic rings. The van der Waals surface area contributed by atoms with Crippen LogP contribution in [0.2, 0.25) is 0 Å². The monoisotopic (exact) mass is 255 g/mol. The Morgan fingerprint density at radius 3 is 3.00 bits per heavy atom. The summed E-state index contributed by atoms with van der Waals surface area (Å²) in [6, 6.07) is 5.52. The van der Waals surface area contributed by atoms with Crippen molar-refractivity contribution in [3.8, 4) is 0 Å². The lowest BCUT2D eigenvalue weighted by molar-refractivity contribution is 0.0483. The molecule has 2 rings (SSSR count). The first kappa shape index (κ1) is 12.4. The standard InChI is InChI=1S/C12H14ClNO3/c1-17-11(7-15)9-3-2-8-4-5-14(13)12(16)10(8)6-9/h2-3,6,11,15H,4-5,7H2,1H3. The number of ether oxygens (including phenoxy) is 1. The van der Waals surface area contributed by atoms with E-state index in [9.17, 15) is 4.79 Å². The molecule has 1 amide bonds. The van der Waals surface area contributed by atoms with E-state index in [0.717, 1.165) is 17.5 Å². The molecule has 0 fully saturated rings. The topological polar surface area (TPSA) is 49.8 Å². The number of carbonyl (C=O) groups excluding carboxylic acids is 1. The van der Waals surface area contributed by atoms with Crippen LogP contribution in [-0.4, -0.2) is 35.7 Å². The first-order chi connectivity index (χ1) is 8.17. The number of hydrogen-bond acceptors (Lipinski definition) is 3. The maximum atomic E-state index is 11.9. The van der Waals surface area contributed by atoms with Crippen LogP contribution in [-0.2, 0) is 11.2 Å². The lowest BCUT2D eigenvalue weighted by Crippen LogP contribution is -2.30. The van der Waals surface area contributed by atoms with E-state index < -0.39 is 6.10 Å². The fourth-order valence-electron chi connectivity index (χ4n) is 1.98. The van der Waals surface area contributed by atoms with Gasteiger partial charge in [0.25, 0.3) is 5.91 Å². The second-order valence-corrected chi connectivity index (χ2v) is 4.37. The Labute approximate surface area is 105 Å². The smallest absolute Gasteiger partial charge is 0.268 e. The van der Waals surface area contributed by atoms with E-state index in [1.807, 2.05) is 12.1 Å². The molecular weight excluding hydrogens is 242 g/mol. The second kappa shape index (κ2) is 5.04. The largest absolute Gasteiger partial charge is 0.393 e. The van der Waals surface area contributed by atoms with E-state index in [2.05, 4.69) is 0 Å². The zero-order valence-electron chi connectivity index (χ0n) is 9.52. The Morgan fingerprint density at radius 2 is 2.35 bits per heavy atom. The Balaban J connectivity index is 2.38. The van der Waals surface area contributed by atoms with Crippen LogP contribution in [0.3, 0.4) is 0 Å². The molecule has 0 aromatic heterocycles.